The number of carboxylic acids is 1. The zero-order valence-corrected chi connectivity index (χ0v) is 20.8. The van der Waals surface area contributed by atoms with E-state index in [0.29, 0.717) is 0 Å². The number of ether oxygens (including phenoxy) is 4. The second-order valence-electron chi connectivity index (χ2n) is 7.70. The van der Waals surface area contributed by atoms with Gasteiger partial charge in [0.2, 0.25) is 0 Å². The molecule has 10 nitrogen and oxygen atoms in total. The summed E-state index contributed by atoms with van der Waals surface area (Å²) in [7, 11) is 2.34. The molecule has 35 heavy (non-hydrogen) atoms. The van der Waals surface area contributed by atoms with Gasteiger partial charge in [-0.3, -0.25) is 9.35 Å². The summed E-state index contributed by atoms with van der Waals surface area (Å²) in [6.45, 7) is 2.11. The molecule has 1 aliphatic carbocycles. The van der Waals surface area contributed by atoms with E-state index in [1.54, 1.807) is 28.4 Å². The van der Waals surface area contributed by atoms with Crippen molar-refractivity contribution in [2.45, 2.75) is 13.0 Å². The quantitative estimate of drug-likeness (QED) is 0.543. The van der Waals surface area contributed by atoms with Gasteiger partial charge in [0.15, 0.2) is 17.3 Å². The van der Waals surface area contributed by atoms with Crippen LogP contribution in [0.5, 0.6) is 11.5 Å². The lowest BCUT2D eigenvalue weighted by Gasteiger charge is -2.32. The van der Waals surface area contributed by atoms with Crippen LogP contribution >= 0.6 is 0 Å². The van der Waals surface area contributed by atoms with E-state index in [1.807, 2.05) is 18.2 Å². The molecular formula is C24H27NO9S. The van der Waals surface area contributed by atoms with Crippen LogP contribution in [0, 0.1) is 0 Å². The van der Waals surface area contributed by atoms with Crippen LogP contribution < -0.4 is 19.9 Å². The molecule has 0 saturated heterocycles. The Kier molecular flexibility index (Phi) is 7.73. The molecule has 2 N–H and O–H groups in total. The van der Waals surface area contributed by atoms with E-state index in [-0.39, 0.29) is 6.10 Å². The summed E-state index contributed by atoms with van der Waals surface area (Å²) in [5, 5.41) is 9.94. The first-order valence-corrected chi connectivity index (χ1v) is 12.0. The molecule has 11 heteroatoms. The number of hydrogen-bond donors (Lipinski definition) is 2. The first-order chi connectivity index (χ1) is 16.5. The number of allylic oxidation sites excluding steroid dienone is 5. The summed E-state index contributed by atoms with van der Waals surface area (Å²) < 4.78 is 49.0. The Morgan fingerprint density at radius 3 is 2.17 bits per heavy atom. The van der Waals surface area contributed by atoms with E-state index in [2.05, 4.69) is 36.3 Å². The van der Waals surface area contributed by atoms with Crippen molar-refractivity contribution in [3.63, 3.8) is 0 Å². The molecule has 0 amide bonds. The zero-order chi connectivity index (χ0) is 25.9. The molecule has 0 bridgehead atoms. The van der Waals surface area contributed by atoms with Crippen molar-refractivity contribution >= 4 is 27.9 Å². The number of carbonyl (C=O) groups is 1. The maximum atomic E-state index is 9.62. The van der Waals surface area contributed by atoms with Crippen molar-refractivity contribution in [2.75, 3.05) is 34.2 Å². The predicted octanol–water partition coefficient (Wildman–Crippen LogP) is 1.15. The van der Waals surface area contributed by atoms with Gasteiger partial charge in [-0.1, -0.05) is 0 Å². The molecule has 0 fully saturated rings. The van der Waals surface area contributed by atoms with E-state index in [0.717, 1.165) is 50.2 Å². The third-order valence-electron chi connectivity index (χ3n) is 5.50. The van der Waals surface area contributed by atoms with Crippen molar-refractivity contribution in [2.24, 2.45) is 0 Å². The van der Waals surface area contributed by atoms with Gasteiger partial charge in [0.05, 0.1) is 21.3 Å². The Balaban J connectivity index is 0.000000371. The van der Waals surface area contributed by atoms with E-state index < -0.39 is 21.8 Å². The van der Waals surface area contributed by atoms with Crippen LogP contribution in [-0.2, 0) is 24.4 Å². The molecule has 2 heterocycles. The second-order valence-corrected chi connectivity index (χ2v) is 9.15. The van der Waals surface area contributed by atoms with Gasteiger partial charge in [-0.25, -0.2) is 0 Å². The number of hydrogen-bond acceptors (Lipinski definition) is 8. The third kappa shape index (κ3) is 5.76. The largest absolute Gasteiger partial charge is 0.498 e. The monoisotopic (exact) mass is 505 g/mol. The van der Waals surface area contributed by atoms with Crippen molar-refractivity contribution in [3.8, 4) is 11.5 Å². The average molecular weight is 506 g/mol. The lowest BCUT2D eigenvalue weighted by molar-refractivity contribution is -0.134. The third-order valence-corrected chi connectivity index (χ3v) is 6.11. The van der Waals surface area contributed by atoms with Crippen LogP contribution in [0.15, 0.2) is 59.2 Å². The minimum absolute atomic E-state index is 0.171. The molecule has 0 aromatic heterocycles. The summed E-state index contributed by atoms with van der Waals surface area (Å²) in [6, 6.07) is 4.05. The van der Waals surface area contributed by atoms with Crippen LogP contribution in [-0.4, -0.2) is 69.2 Å². The SMILES string of the molecule is COC1=CC2=CN3C(=CC2=CC1OC)C=c1cc(OC)c(OC)cc1=C3C.O=C(O)CS(=O)(=O)O. The van der Waals surface area contributed by atoms with E-state index >= 15 is 0 Å². The molecular weight excluding hydrogens is 478 g/mol. The molecule has 188 valence electrons. The summed E-state index contributed by atoms with van der Waals surface area (Å²) >= 11 is 0. The highest BCUT2D eigenvalue weighted by Crippen LogP contribution is 2.34. The number of nitrogens with zero attached hydrogens (tertiary/aromatic N) is 1. The highest BCUT2D eigenvalue weighted by atomic mass is 32.2. The van der Waals surface area contributed by atoms with E-state index in [4.69, 9.17) is 28.6 Å². The predicted molar refractivity (Wildman–Crippen MR) is 128 cm³/mol. The number of rotatable bonds is 6. The number of fused-ring (bicyclic) bond motifs is 3. The molecule has 2 aliphatic heterocycles. The average Bonchev–Trinajstić information content (AvgIpc) is 2.80. The first-order valence-electron chi connectivity index (χ1n) is 10.4. The highest BCUT2D eigenvalue weighted by molar-refractivity contribution is 7.86. The minimum Gasteiger partial charge on any atom is -0.498 e. The molecule has 0 spiro atoms. The number of methoxy groups -OCH3 is 4. The molecule has 1 atom stereocenters. The van der Waals surface area contributed by atoms with Gasteiger partial charge in [0.25, 0.3) is 10.1 Å². The Bertz CT molecular complexity index is 1380. The second kappa shape index (κ2) is 10.4. The van der Waals surface area contributed by atoms with Crippen LogP contribution in [0.4, 0.5) is 0 Å². The lowest BCUT2D eigenvalue weighted by Crippen LogP contribution is -2.37. The van der Waals surface area contributed by atoms with E-state index in [1.165, 1.54) is 0 Å². The van der Waals surface area contributed by atoms with Crippen LogP contribution in [0.3, 0.4) is 0 Å². The summed E-state index contributed by atoms with van der Waals surface area (Å²) in [5.74, 6) is -0.538. The number of aliphatic carboxylic acids is 1. The fraction of sp³-hybridized carbons (Fsp3) is 0.292. The zero-order valence-electron chi connectivity index (χ0n) is 19.9. The van der Waals surface area contributed by atoms with Crippen molar-refractivity contribution < 1.29 is 41.8 Å². The fourth-order valence-electron chi connectivity index (χ4n) is 3.88. The standard InChI is InChI=1S/C22H23NO4.C2H4O5S/c1-13-18-11-22(27-5)20(25-3)9-15(18)7-17-6-14-8-19(24-2)21(26-4)10-16(14)12-23(13)17;3-2(4)1-8(5,6)7/h6-12,19H,1-5H3;1H2,(H,3,4)(H,5,6,7). The molecule has 4 rings (SSSR count). The van der Waals surface area contributed by atoms with Crippen LogP contribution in [0.25, 0.3) is 11.8 Å². The maximum absolute atomic E-state index is 9.62. The fourth-order valence-corrected chi connectivity index (χ4v) is 4.19. The van der Waals surface area contributed by atoms with Crippen molar-refractivity contribution in [3.05, 3.63) is 69.6 Å². The lowest BCUT2D eigenvalue weighted by atomic mass is 9.92. The van der Waals surface area contributed by atoms with Crippen molar-refractivity contribution in [1.82, 2.24) is 4.90 Å². The van der Waals surface area contributed by atoms with Crippen LogP contribution in [0.2, 0.25) is 0 Å². The molecule has 0 saturated carbocycles. The number of carboxylic acid groups (broad SMARTS) is 1. The number of benzene rings is 1. The summed E-state index contributed by atoms with van der Waals surface area (Å²) in [6.07, 6.45) is 10.4. The van der Waals surface area contributed by atoms with Crippen molar-refractivity contribution in [1.29, 1.82) is 0 Å². The Hall–Kier alpha value is -3.54. The molecule has 3 aliphatic rings. The van der Waals surface area contributed by atoms with Gasteiger partial charge in [-0.15, -0.1) is 0 Å². The summed E-state index contributed by atoms with van der Waals surface area (Å²) in [5.41, 5.74) is 4.46. The molecule has 1 aromatic carbocycles. The van der Waals surface area contributed by atoms with E-state index in [9.17, 15) is 13.2 Å². The maximum Gasteiger partial charge on any atom is 0.321 e. The Morgan fingerprint density at radius 1 is 1.00 bits per heavy atom. The smallest absolute Gasteiger partial charge is 0.321 e. The van der Waals surface area contributed by atoms with Gasteiger partial charge in [0.1, 0.15) is 11.9 Å². The first kappa shape index (κ1) is 26.1. The molecule has 1 unspecified atom stereocenters. The molecule has 0 radical (unpaired) electrons. The molecule has 1 aromatic rings. The van der Waals surface area contributed by atoms with Gasteiger partial charge >= 0.3 is 5.97 Å². The minimum atomic E-state index is -4.32. The van der Waals surface area contributed by atoms with Crippen LogP contribution in [0.1, 0.15) is 6.92 Å². The summed E-state index contributed by atoms with van der Waals surface area (Å²) in [4.78, 5) is 11.7. The normalized spacial score (nSPS) is 18.1. The Labute approximate surface area is 203 Å². The van der Waals surface area contributed by atoms with Gasteiger partial charge in [-0.2, -0.15) is 8.42 Å². The Morgan fingerprint density at radius 2 is 1.66 bits per heavy atom. The highest BCUT2D eigenvalue weighted by Gasteiger charge is 2.26. The van der Waals surface area contributed by atoms with Gasteiger partial charge < -0.3 is 29.0 Å². The topological polar surface area (TPSA) is 132 Å². The van der Waals surface area contributed by atoms with Gasteiger partial charge in [-0.05, 0) is 54.2 Å². The van der Waals surface area contributed by atoms with Gasteiger partial charge in [0, 0.05) is 35.5 Å².